The topological polar surface area (TPSA) is 70.9 Å². The largest absolute Gasteiger partial charge is 0.506 e. The average molecular weight is 323 g/mol. The molecule has 0 aliphatic rings. The molecular formula is C17H13N3O2S. The number of benzene rings is 1. The monoisotopic (exact) mass is 323 g/mol. The predicted octanol–water partition coefficient (Wildman–Crippen LogP) is 3.46. The Labute approximate surface area is 135 Å². The van der Waals surface area contributed by atoms with Crippen molar-refractivity contribution in [2.24, 2.45) is 0 Å². The summed E-state index contributed by atoms with van der Waals surface area (Å²) in [6, 6.07) is 11.3. The standard InChI is InChI=1S/C17H13N3O2S/c1-10-13-15(21)14(11-7-8-23-9-11)17(22)18-16(13)20(19-10)12-5-3-2-4-6-12/h2-9H,1H3,(H2,18,21,22). The van der Waals surface area contributed by atoms with E-state index in [0.717, 1.165) is 5.69 Å². The van der Waals surface area contributed by atoms with Crippen LogP contribution in [0.1, 0.15) is 5.69 Å². The van der Waals surface area contributed by atoms with Gasteiger partial charge in [0.25, 0.3) is 5.56 Å². The zero-order valence-corrected chi connectivity index (χ0v) is 13.1. The Kier molecular flexibility index (Phi) is 3.06. The van der Waals surface area contributed by atoms with E-state index in [4.69, 9.17) is 0 Å². The molecule has 0 saturated heterocycles. The Balaban J connectivity index is 2.08. The number of aromatic hydroxyl groups is 1. The summed E-state index contributed by atoms with van der Waals surface area (Å²) in [7, 11) is 0. The Bertz CT molecular complexity index is 1050. The normalized spacial score (nSPS) is 11.2. The summed E-state index contributed by atoms with van der Waals surface area (Å²) in [4.78, 5) is 15.4. The fourth-order valence-electron chi connectivity index (χ4n) is 2.76. The molecule has 0 amide bonds. The summed E-state index contributed by atoms with van der Waals surface area (Å²) in [5, 5.41) is 19.4. The van der Waals surface area contributed by atoms with Crippen molar-refractivity contribution in [3.05, 3.63) is 63.2 Å². The third-order valence-electron chi connectivity index (χ3n) is 3.80. The van der Waals surface area contributed by atoms with Crippen molar-refractivity contribution in [2.75, 3.05) is 0 Å². The quantitative estimate of drug-likeness (QED) is 0.593. The van der Waals surface area contributed by atoms with E-state index in [1.54, 1.807) is 4.68 Å². The number of aromatic nitrogens is 3. The first-order chi connectivity index (χ1) is 11.2. The lowest BCUT2D eigenvalue weighted by Crippen LogP contribution is -2.10. The number of rotatable bonds is 2. The summed E-state index contributed by atoms with van der Waals surface area (Å²) >= 11 is 1.48. The van der Waals surface area contributed by atoms with E-state index < -0.39 is 0 Å². The maximum atomic E-state index is 12.5. The van der Waals surface area contributed by atoms with E-state index in [1.165, 1.54) is 11.3 Å². The van der Waals surface area contributed by atoms with Gasteiger partial charge in [-0.3, -0.25) is 4.79 Å². The number of H-pyrrole nitrogens is 1. The SMILES string of the molecule is Cc1nn(-c2ccccc2)c2[nH]c(=O)c(-c3ccsc3)c(O)c12. The molecule has 4 aromatic rings. The van der Waals surface area contributed by atoms with E-state index in [-0.39, 0.29) is 16.9 Å². The van der Waals surface area contributed by atoms with Gasteiger partial charge in [0, 0.05) is 5.56 Å². The molecule has 6 heteroatoms. The summed E-state index contributed by atoms with van der Waals surface area (Å²) in [5.41, 5.74) is 2.65. The molecular weight excluding hydrogens is 310 g/mol. The first kappa shape index (κ1) is 13.8. The van der Waals surface area contributed by atoms with Crippen LogP contribution in [0.25, 0.3) is 27.8 Å². The lowest BCUT2D eigenvalue weighted by molar-refractivity contribution is 0.482. The fraction of sp³-hybridized carbons (Fsp3) is 0.0588. The molecule has 0 bridgehead atoms. The predicted molar refractivity (Wildman–Crippen MR) is 91.4 cm³/mol. The minimum atomic E-state index is -0.328. The molecule has 1 aromatic carbocycles. The number of aryl methyl sites for hydroxylation is 1. The number of hydrogen-bond donors (Lipinski definition) is 2. The van der Waals surface area contributed by atoms with Crippen LogP contribution in [0, 0.1) is 6.92 Å². The first-order valence-electron chi connectivity index (χ1n) is 7.09. The number of para-hydroxylation sites is 1. The van der Waals surface area contributed by atoms with Gasteiger partial charge in [-0.05, 0) is 35.9 Å². The molecule has 0 unspecified atom stereocenters. The van der Waals surface area contributed by atoms with Gasteiger partial charge in [-0.2, -0.15) is 16.4 Å². The highest BCUT2D eigenvalue weighted by molar-refractivity contribution is 7.08. The van der Waals surface area contributed by atoms with Crippen LogP contribution in [0.4, 0.5) is 0 Å². The Morgan fingerprint density at radius 2 is 2.00 bits per heavy atom. The highest BCUT2D eigenvalue weighted by atomic mass is 32.1. The van der Waals surface area contributed by atoms with E-state index >= 15 is 0 Å². The summed E-state index contributed by atoms with van der Waals surface area (Å²) in [6.07, 6.45) is 0. The van der Waals surface area contributed by atoms with E-state index in [9.17, 15) is 9.90 Å². The van der Waals surface area contributed by atoms with Crippen LogP contribution in [0.5, 0.6) is 5.75 Å². The lowest BCUT2D eigenvalue weighted by Gasteiger charge is -2.06. The Morgan fingerprint density at radius 3 is 2.70 bits per heavy atom. The van der Waals surface area contributed by atoms with Crippen molar-refractivity contribution in [3.63, 3.8) is 0 Å². The van der Waals surface area contributed by atoms with Gasteiger partial charge in [0.1, 0.15) is 11.4 Å². The summed E-state index contributed by atoms with van der Waals surface area (Å²) < 4.78 is 1.64. The second kappa shape index (κ2) is 5.10. The highest BCUT2D eigenvalue weighted by Crippen LogP contribution is 2.35. The number of nitrogens with zero attached hydrogens (tertiary/aromatic N) is 2. The molecule has 0 atom stereocenters. The summed E-state index contributed by atoms with van der Waals surface area (Å²) in [6.45, 7) is 1.82. The number of pyridine rings is 1. The van der Waals surface area contributed by atoms with Crippen molar-refractivity contribution < 1.29 is 5.11 Å². The zero-order chi connectivity index (χ0) is 16.0. The van der Waals surface area contributed by atoms with Gasteiger partial charge in [-0.1, -0.05) is 18.2 Å². The van der Waals surface area contributed by atoms with Crippen LogP contribution in [0.3, 0.4) is 0 Å². The van der Waals surface area contributed by atoms with Crippen LogP contribution in [0.2, 0.25) is 0 Å². The minimum Gasteiger partial charge on any atom is -0.506 e. The van der Waals surface area contributed by atoms with Crippen LogP contribution >= 0.6 is 11.3 Å². The smallest absolute Gasteiger partial charge is 0.261 e. The number of aromatic amines is 1. The van der Waals surface area contributed by atoms with Crippen molar-refractivity contribution in [1.82, 2.24) is 14.8 Å². The Hall–Kier alpha value is -2.86. The highest BCUT2D eigenvalue weighted by Gasteiger charge is 2.20. The first-order valence-corrected chi connectivity index (χ1v) is 8.03. The number of hydrogen-bond acceptors (Lipinski definition) is 4. The molecule has 23 heavy (non-hydrogen) atoms. The van der Waals surface area contributed by atoms with Gasteiger partial charge < -0.3 is 10.1 Å². The third-order valence-corrected chi connectivity index (χ3v) is 4.49. The van der Waals surface area contributed by atoms with Crippen LogP contribution in [-0.2, 0) is 0 Å². The van der Waals surface area contributed by atoms with Crippen molar-refractivity contribution in [2.45, 2.75) is 6.92 Å². The molecule has 0 saturated carbocycles. The van der Waals surface area contributed by atoms with Crippen molar-refractivity contribution in [3.8, 4) is 22.6 Å². The van der Waals surface area contributed by atoms with Gasteiger partial charge in [0.15, 0.2) is 0 Å². The molecule has 0 spiro atoms. The maximum Gasteiger partial charge on any atom is 0.261 e. The van der Waals surface area contributed by atoms with Crippen molar-refractivity contribution in [1.29, 1.82) is 0 Å². The molecule has 3 heterocycles. The molecule has 0 radical (unpaired) electrons. The van der Waals surface area contributed by atoms with Gasteiger partial charge >= 0.3 is 0 Å². The lowest BCUT2D eigenvalue weighted by atomic mass is 10.1. The molecule has 114 valence electrons. The van der Waals surface area contributed by atoms with E-state index in [2.05, 4.69) is 10.1 Å². The maximum absolute atomic E-state index is 12.5. The molecule has 0 fully saturated rings. The zero-order valence-electron chi connectivity index (χ0n) is 12.3. The molecule has 2 N–H and O–H groups in total. The molecule has 5 nitrogen and oxygen atoms in total. The molecule has 3 aromatic heterocycles. The number of nitrogens with one attached hydrogen (secondary N) is 1. The number of fused-ring (bicyclic) bond motifs is 1. The van der Waals surface area contributed by atoms with Crippen LogP contribution in [-0.4, -0.2) is 19.9 Å². The van der Waals surface area contributed by atoms with Crippen LogP contribution < -0.4 is 5.56 Å². The Morgan fingerprint density at radius 1 is 1.22 bits per heavy atom. The van der Waals surface area contributed by atoms with Gasteiger partial charge in [-0.25, -0.2) is 4.68 Å². The molecule has 0 aliphatic heterocycles. The fourth-order valence-corrected chi connectivity index (χ4v) is 3.41. The number of thiophene rings is 1. The molecule has 4 rings (SSSR count). The third kappa shape index (κ3) is 2.07. The average Bonchev–Trinajstić information content (AvgIpc) is 3.17. The van der Waals surface area contributed by atoms with Gasteiger partial charge in [0.2, 0.25) is 0 Å². The second-order valence-corrected chi connectivity index (χ2v) is 6.03. The second-order valence-electron chi connectivity index (χ2n) is 5.25. The van der Waals surface area contributed by atoms with E-state index in [0.29, 0.717) is 22.3 Å². The van der Waals surface area contributed by atoms with Crippen LogP contribution in [0.15, 0.2) is 52.0 Å². The van der Waals surface area contributed by atoms with Gasteiger partial charge in [-0.15, -0.1) is 0 Å². The summed E-state index contributed by atoms with van der Waals surface area (Å²) in [5.74, 6) is -0.0261. The minimum absolute atomic E-state index is 0.0261. The molecule has 0 aliphatic carbocycles. The van der Waals surface area contributed by atoms with E-state index in [1.807, 2.05) is 54.1 Å². The van der Waals surface area contributed by atoms with Crippen molar-refractivity contribution >= 4 is 22.4 Å². The van der Waals surface area contributed by atoms with Gasteiger partial charge in [0.05, 0.1) is 22.3 Å².